The van der Waals surface area contributed by atoms with Crippen LogP contribution in [0.5, 0.6) is 0 Å². The second kappa shape index (κ2) is 12.2. The summed E-state index contributed by atoms with van der Waals surface area (Å²) in [6, 6.07) is 0. The van der Waals surface area contributed by atoms with E-state index in [2.05, 4.69) is 32.4 Å². The third-order valence-corrected chi connectivity index (χ3v) is 23.2. The Kier molecular flexibility index (Phi) is 10.7. The Hall–Kier alpha value is -0.101. The van der Waals surface area contributed by atoms with Gasteiger partial charge in [0.2, 0.25) is 0 Å². The SMILES string of the molecule is C.CCC[CH2][Sn]([CH2]CCC)([CH2]CCC)[c]1nnn(CC23CCCC(CCO2)C3)c1C. The van der Waals surface area contributed by atoms with E-state index in [-0.39, 0.29) is 13.0 Å². The predicted molar refractivity (Wildman–Crippen MR) is 131 cm³/mol. The normalized spacial score (nSPS) is 23.9. The van der Waals surface area contributed by atoms with Crippen LogP contribution in [-0.4, -0.2) is 45.6 Å². The first-order valence-corrected chi connectivity index (χ1v) is 20.1. The van der Waals surface area contributed by atoms with E-state index in [4.69, 9.17) is 15.0 Å². The fourth-order valence-electron chi connectivity index (χ4n) is 6.00. The molecule has 2 atom stereocenters. The second-order valence-corrected chi connectivity index (χ2v) is 23.0. The maximum absolute atomic E-state index is 6.41. The number of fused-ring (bicyclic) bond motifs is 2. The quantitative estimate of drug-likeness (QED) is 0.287. The van der Waals surface area contributed by atoms with Crippen LogP contribution < -0.4 is 3.71 Å². The van der Waals surface area contributed by atoms with Gasteiger partial charge in [-0.1, -0.05) is 7.43 Å². The molecule has 3 rings (SSSR count). The van der Waals surface area contributed by atoms with Crippen LogP contribution in [0.1, 0.15) is 105 Å². The topological polar surface area (TPSA) is 39.9 Å². The van der Waals surface area contributed by atoms with Crippen molar-refractivity contribution in [3.8, 4) is 0 Å². The average Bonchev–Trinajstić information content (AvgIpc) is 3.08. The van der Waals surface area contributed by atoms with Gasteiger partial charge in [0.25, 0.3) is 0 Å². The van der Waals surface area contributed by atoms with Gasteiger partial charge >= 0.3 is 184 Å². The van der Waals surface area contributed by atoms with Gasteiger partial charge in [0.1, 0.15) is 0 Å². The molecular formula is C25H49N3OSn. The minimum atomic E-state index is -2.52. The molecule has 1 aliphatic carbocycles. The predicted octanol–water partition coefficient (Wildman–Crippen LogP) is 6.63. The van der Waals surface area contributed by atoms with Crippen LogP contribution in [-0.2, 0) is 11.3 Å². The molecule has 0 N–H and O–H groups in total. The number of hydrogen-bond acceptors (Lipinski definition) is 3. The van der Waals surface area contributed by atoms with Crippen molar-refractivity contribution in [1.29, 1.82) is 0 Å². The molecule has 0 amide bonds. The number of hydrogen-bond donors (Lipinski definition) is 0. The van der Waals surface area contributed by atoms with Gasteiger partial charge in [0.15, 0.2) is 0 Å². The molecule has 1 saturated carbocycles. The van der Waals surface area contributed by atoms with Gasteiger partial charge in [0, 0.05) is 0 Å². The van der Waals surface area contributed by atoms with Crippen molar-refractivity contribution in [1.82, 2.24) is 15.0 Å². The van der Waals surface area contributed by atoms with E-state index in [1.165, 1.54) is 93.3 Å². The van der Waals surface area contributed by atoms with E-state index in [1.807, 2.05) is 0 Å². The number of nitrogens with zero attached hydrogens (tertiary/aromatic N) is 3. The molecular weight excluding hydrogens is 477 g/mol. The molecule has 0 radical (unpaired) electrons. The van der Waals surface area contributed by atoms with Crippen molar-refractivity contribution < 1.29 is 4.74 Å². The zero-order valence-electron chi connectivity index (χ0n) is 19.6. The fourth-order valence-corrected chi connectivity index (χ4v) is 22.3. The molecule has 1 saturated heterocycles. The molecule has 2 bridgehead atoms. The molecule has 4 nitrogen and oxygen atoms in total. The van der Waals surface area contributed by atoms with E-state index in [0.29, 0.717) is 0 Å². The molecule has 0 aromatic carbocycles. The van der Waals surface area contributed by atoms with Crippen LogP contribution in [0, 0.1) is 12.8 Å². The number of aromatic nitrogens is 3. The van der Waals surface area contributed by atoms with Crippen LogP contribution in [0.4, 0.5) is 0 Å². The van der Waals surface area contributed by atoms with Gasteiger partial charge in [-0.2, -0.15) is 0 Å². The minimum absolute atomic E-state index is 0. The van der Waals surface area contributed by atoms with Gasteiger partial charge in [-0.25, -0.2) is 0 Å². The first-order valence-electron chi connectivity index (χ1n) is 12.6. The summed E-state index contributed by atoms with van der Waals surface area (Å²) in [5.41, 5.74) is 1.43. The van der Waals surface area contributed by atoms with E-state index in [1.54, 1.807) is 0 Å². The van der Waals surface area contributed by atoms with Crippen LogP contribution in [0.3, 0.4) is 0 Å². The van der Waals surface area contributed by atoms with E-state index >= 15 is 0 Å². The summed E-state index contributed by atoms with van der Waals surface area (Å²) in [5.74, 6) is 0.873. The third kappa shape index (κ3) is 6.02. The van der Waals surface area contributed by atoms with Crippen LogP contribution >= 0.6 is 0 Å². The third-order valence-electron chi connectivity index (χ3n) is 7.79. The summed E-state index contributed by atoms with van der Waals surface area (Å²) in [7, 11) is 0. The molecule has 5 heteroatoms. The van der Waals surface area contributed by atoms with Crippen molar-refractivity contribution >= 4 is 22.1 Å². The standard InChI is InChI=1S/C12H18N3O.3C4H9.CH4.Sn/c1-10-8-13-14-15(10)9-12-5-2-3-11(7-12)4-6-16-12;3*1-3-4-2;;/h11H,2-7,9H2,1H3;3*1,3-4H2,2H3;1H4;. The first kappa shape index (κ1) is 26.2. The molecule has 0 spiro atoms. The molecule has 1 aliphatic heterocycles. The average molecular weight is 526 g/mol. The fraction of sp³-hybridized carbons (Fsp3) is 0.920. The molecule has 2 unspecified atom stereocenters. The van der Waals surface area contributed by atoms with E-state index in [0.717, 1.165) is 19.1 Å². The van der Waals surface area contributed by atoms with Crippen LogP contribution in [0.25, 0.3) is 0 Å². The van der Waals surface area contributed by atoms with Gasteiger partial charge < -0.3 is 0 Å². The summed E-state index contributed by atoms with van der Waals surface area (Å²) >= 11 is -2.52. The van der Waals surface area contributed by atoms with Crippen LogP contribution in [0.2, 0.25) is 13.3 Å². The van der Waals surface area contributed by atoms with Crippen molar-refractivity contribution in [2.24, 2.45) is 5.92 Å². The van der Waals surface area contributed by atoms with E-state index in [9.17, 15) is 0 Å². The van der Waals surface area contributed by atoms with Crippen molar-refractivity contribution in [3.63, 3.8) is 0 Å². The first-order chi connectivity index (χ1) is 14.1. The molecule has 30 heavy (non-hydrogen) atoms. The summed E-state index contributed by atoms with van der Waals surface area (Å²) in [5, 5.41) is 9.75. The summed E-state index contributed by atoms with van der Waals surface area (Å²) in [4.78, 5) is 0. The van der Waals surface area contributed by atoms with Gasteiger partial charge in [0.05, 0.1) is 0 Å². The second-order valence-electron chi connectivity index (χ2n) is 10.1. The number of rotatable bonds is 12. The zero-order chi connectivity index (χ0) is 20.7. The zero-order valence-corrected chi connectivity index (χ0v) is 22.5. The Balaban J connectivity index is 0.00000320. The molecule has 174 valence electrons. The molecule has 2 fully saturated rings. The summed E-state index contributed by atoms with van der Waals surface area (Å²) < 4.78 is 14.6. The van der Waals surface area contributed by atoms with Gasteiger partial charge in [-0.05, 0) is 0 Å². The maximum atomic E-state index is 6.41. The molecule has 1 aromatic rings. The number of unbranched alkanes of at least 4 members (excludes halogenated alkanes) is 3. The Morgan fingerprint density at radius 2 is 1.67 bits per heavy atom. The molecule has 1 aromatic heterocycles. The Bertz CT molecular complexity index is 598. The van der Waals surface area contributed by atoms with E-state index < -0.39 is 18.4 Å². The molecule has 2 heterocycles. The summed E-state index contributed by atoms with van der Waals surface area (Å²) in [6.45, 7) is 11.2. The van der Waals surface area contributed by atoms with Crippen LogP contribution in [0.15, 0.2) is 0 Å². The van der Waals surface area contributed by atoms with Crippen molar-refractivity contribution in [2.45, 2.75) is 131 Å². The Morgan fingerprint density at radius 3 is 2.27 bits per heavy atom. The molecule has 2 aliphatic rings. The Labute approximate surface area is 190 Å². The monoisotopic (exact) mass is 527 g/mol. The summed E-state index contributed by atoms with van der Waals surface area (Å²) in [6.07, 6.45) is 14.5. The number of ether oxygens (including phenoxy) is 1. The van der Waals surface area contributed by atoms with Crippen molar-refractivity contribution in [2.75, 3.05) is 6.61 Å². The van der Waals surface area contributed by atoms with Gasteiger partial charge in [-0.3, -0.25) is 0 Å². The van der Waals surface area contributed by atoms with Crippen molar-refractivity contribution in [3.05, 3.63) is 5.69 Å². The van der Waals surface area contributed by atoms with Gasteiger partial charge in [-0.15, -0.1) is 0 Å². The Morgan fingerprint density at radius 1 is 1.03 bits per heavy atom.